The number of rotatable bonds is 4. The molecule has 0 bridgehead atoms. The van der Waals surface area contributed by atoms with Crippen LogP contribution in [0.3, 0.4) is 0 Å². The van der Waals surface area contributed by atoms with Crippen molar-refractivity contribution in [1.29, 1.82) is 5.26 Å². The minimum atomic E-state index is -3.56. The standard InChI is InChI=1S/C20H23N5O3S2/c1-20(2,27)18-22-10-16(29-18)30(28,23-11-21)25-19(26)24-17-14-7-3-5-12(14)9-13-6-4-8-15(13)17/h9-10,27H,3-8H2,1-2H3,(H2,23,24,25,26,28). The summed E-state index contributed by atoms with van der Waals surface area (Å²) in [5.41, 5.74) is 4.37. The van der Waals surface area contributed by atoms with Gasteiger partial charge in [0, 0.05) is 5.69 Å². The number of carbonyl (C=O) groups excluding carboxylic acids is 1. The number of urea groups is 1. The second kappa shape index (κ2) is 7.65. The first-order chi connectivity index (χ1) is 14.2. The maximum atomic E-state index is 13.3. The van der Waals surface area contributed by atoms with Crippen molar-refractivity contribution in [2.45, 2.75) is 62.2 Å². The van der Waals surface area contributed by atoms with E-state index >= 15 is 0 Å². The quantitative estimate of drug-likeness (QED) is 0.491. The van der Waals surface area contributed by atoms with Crippen LogP contribution in [0.5, 0.6) is 0 Å². The van der Waals surface area contributed by atoms with Gasteiger partial charge in [-0.05, 0) is 74.6 Å². The first kappa shape index (κ1) is 20.8. The molecule has 30 heavy (non-hydrogen) atoms. The highest BCUT2D eigenvalue weighted by Gasteiger charge is 2.27. The lowest BCUT2D eigenvalue weighted by Crippen LogP contribution is -2.21. The zero-order valence-corrected chi connectivity index (χ0v) is 18.5. The highest BCUT2D eigenvalue weighted by atomic mass is 32.2. The van der Waals surface area contributed by atoms with Crippen LogP contribution in [0.2, 0.25) is 0 Å². The summed E-state index contributed by atoms with van der Waals surface area (Å²) in [5, 5.41) is 22.4. The van der Waals surface area contributed by atoms with E-state index in [1.165, 1.54) is 17.3 Å². The first-order valence-corrected chi connectivity index (χ1v) is 12.1. The van der Waals surface area contributed by atoms with E-state index in [1.807, 2.05) is 0 Å². The number of hydrogen-bond donors (Lipinski definition) is 3. The second-order valence-electron chi connectivity index (χ2n) is 8.04. The van der Waals surface area contributed by atoms with Crippen LogP contribution < -0.4 is 10.0 Å². The molecule has 0 saturated heterocycles. The number of aromatic nitrogens is 1. The molecule has 2 amide bonds. The number of benzene rings is 1. The third kappa shape index (κ3) is 3.80. The number of amides is 2. The minimum absolute atomic E-state index is 0.111. The monoisotopic (exact) mass is 445 g/mol. The Hall–Kier alpha value is -2.48. The van der Waals surface area contributed by atoms with Crippen LogP contribution in [0.15, 0.2) is 20.8 Å². The summed E-state index contributed by atoms with van der Waals surface area (Å²) in [6.07, 6.45) is 8.78. The van der Waals surface area contributed by atoms with Gasteiger partial charge in [0.25, 0.3) is 0 Å². The molecular formula is C20H23N5O3S2. The maximum absolute atomic E-state index is 13.3. The van der Waals surface area contributed by atoms with Crippen molar-refractivity contribution in [3.8, 4) is 6.19 Å². The molecule has 4 rings (SSSR count). The summed E-state index contributed by atoms with van der Waals surface area (Å²) in [6, 6.07) is 1.49. The molecule has 10 heteroatoms. The number of aliphatic hydroxyl groups is 1. The molecule has 1 heterocycles. The molecule has 8 nitrogen and oxygen atoms in total. The average molecular weight is 446 g/mol. The van der Waals surface area contributed by atoms with Crippen molar-refractivity contribution in [2.75, 3.05) is 5.32 Å². The summed E-state index contributed by atoms with van der Waals surface area (Å²) >= 11 is 0.951. The number of nitriles is 1. The summed E-state index contributed by atoms with van der Waals surface area (Å²) < 4.78 is 19.4. The lowest BCUT2D eigenvalue weighted by Gasteiger charge is -2.15. The Morgan fingerprint density at radius 3 is 2.43 bits per heavy atom. The predicted molar refractivity (Wildman–Crippen MR) is 114 cm³/mol. The fourth-order valence-electron chi connectivity index (χ4n) is 4.06. The molecule has 158 valence electrons. The third-order valence-electron chi connectivity index (χ3n) is 5.38. The Kier molecular flexibility index (Phi) is 5.30. The molecule has 0 aliphatic heterocycles. The lowest BCUT2D eigenvalue weighted by molar-refractivity contribution is 0.0783. The fourth-order valence-corrected chi connectivity index (χ4v) is 6.47. The number of fused-ring (bicyclic) bond motifs is 2. The first-order valence-electron chi connectivity index (χ1n) is 9.80. The van der Waals surface area contributed by atoms with Gasteiger partial charge < -0.3 is 10.4 Å². The number of carbonyl (C=O) groups is 1. The van der Waals surface area contributed by atoms with Gasteiger partial charge in [-0.25, -0.2) is 18.7 Å². The topological polar surface area (TPSA) is 127 Å². The summed E-state index contributed by atoms with van der Waals surface area (Å²) in [4.78, 5) is 16.9. The molecule has 2 aliphatic rings. The molecular weight excluding hydrogens is 422 g/mol. The molecule has 3 N–H and O–H groups in total. The van der Waals surface area contributed by atoms with Crippen molar-refractivity contribution >= 4 is 33.0 Å². The van der Waals surface area contributed by atoms with Gasteiger partial charge in [-0.1, -0.05) is 6.07 Å². The number of nitrogens with zero attached hydrogens (tertiary/aromatic N) is 3. The molecule has 0 fully saturated rings. The Bertz CT molecular complexity index is 1150. The number of aryl methyl sites for hydroxylation is 2. The Labute approximate surface area is 179 Å². The van der Waals surface area contributed by atoms with E-state index in [9.17, 15) is 14.1 Å². The van der Waals surface area contributed by atoms with E-state index in [2.05, 4.69) is 25.5 Å². The van der Waals surface area contributed by atoms with E-state index in [0.717, 1.165) is 66.7 Å². The highest BCUT2D eigenvalue weighted by Crippen LogP contribution is 2.38. The molecule has 1 aromatic heterocycles. The van der Waals surface area contributed by atoms with Crippen LogP contribution in [-0.4, -0.2) is 20.3 Å². The fraction of sp³-hybridized carbons (Fsp3) is 0.450. The number of nitrogens with one attached hydrogen (secondary N) is 2. The van der Waals surface area contributed by atoms with Gasteiger partial charge in [-0.3, -0.25) is 0 Å². The highest BCUT2D eigenvalue weighted by molar-refractivity contribution is 7.94. The zero-order chi connectivity index (χ0) is 21.5. The predicted octanol–water partition coefficient (Wildman–Crippen LogP) is 3.39. The molecule has 1 atom stereocenters. The normalized spacial score (nSPS) is 16.9. The number of thiazole rings is 1. The van der Waals surface area contributed by atoms with E-state index in [0.29, 0.717) is 5.01 Å². The molecule has 1 aromatic carbocycles. The third-order valence-corrected chi connectivity index (χ3v) is 8.86. The van der Waals surface area contributed by atoms with Gasteiger partial charge in [0.2, 0.25) is 0 Å². The maximum Gasteiger partial charge on any atom is 0.355 e. The molecule has 0 saturated carbocycles. The van der Waals surface area contributed by atoms with Gasteiger partial charge in [-0.2, -0.15) is 5.26 Å². The van der Waals surface area contributed by atoms with E-state index < -0.39 is 21.5 Å². The molecule has 0 spiro atoms. The van der Waals surface area contributed by atoms with E-state index in [4.69, 9.17) is 5.26 Å². The van der Waals surface area contributed by atoms with Crippen LogP contribution in [0.4, 0.5) is 10.5 Å². The lowest BCUT2D eigenvalue weighted by atomic mass is 9.99. The molecule has 1 unspecified atom stereocenters. The van der Waals surface area contributed by atoms with Crippen molar-refractivity contribution in [3.05, 3.63) is 39.5 Å². The average Bonchev–Trinajstić information content (AvgIpc) is 3.41. The smallest absolute Gasteiger partial charge is 0.355 e. The molecule has 2 aromatic rings. The van der Waals surface area contributed by atoms with Gasteiger partial charge in [0.15, 0.2) is 16.1 Å². The van der Waals surface area contributed by atoms with Crippen LogP contribution >= 0.6 is 11.3 Å². The molecule has 2 aliphatic carbocycles. The van der Waals surface area contributed by atoms with Gasteiger partial charge in [-0.15, -0.1) is 15.7 Å². The number of hydrogen-bond acceptors (Lipinski definition) is 6. The second-order valence-corrected chi connectivity index (χ2v) is 11.2. The van der Waals surface area contributed by atoms with Crippen LogP contribution in [0.25, 0.3) is 0 Å². The summed E-state index contributed by atoms with van der Waals surface area (Å²) in [7, 11) is -3.56. The van der Waals surface area contributed by atoms with Crippen molar-refractivity contribution in [2.24, 2.45) is 4.36 Å². The van der Waals surface area contributed by atoms with Crippen LogP contribution in [-0.2, 0) is 41.2 Å². The Balaban J connectivity index is 1.70. The van der Waals surface area contributed by atoms with E-state index in [1.54, 1.807) is 20.0 Å². The van der Waals surface area contributed by atoms with Gasteiger partial charge >= 0.3 is 6.03 Å². The SMILES string of the molecule is CC(C)(O)c1ncc(S(=O)(=NC(=O)Nc2c3c(cc4c2CCC4)CCC3)NC#N)s1. The van der Waals surface area contributed by atoms with Crippen molar-refractivity contribution < 1.29 is 14.1 Å². The minimum Gasteiger partial charge on any atom is -0.383 e. The molecule has 0 radical (unpaired) electrons. The van der Waals surface area contributed by atoms with Crippen LogP contribution in [0.1, 0.15) is 54.0 Å². The summed E-state index contributed by atoms with van der Waals surface area (Å²) in [5.74, 6) is 0. The summed E-state index contributed by atoms with van der Waals surface area (Å²) in [6.45, 7) is 3.10. The van der Waals surface area contributed by atoms with Crippen LogP contribution in [0, 0.1) is 11.5 Å². The van der Waals surface area contributed by atoms with Crippen molar-refractivity contribution in [3.63, 3.8) is 0 Å². The number of anilines is 1. The van der Waals surface area contributed by atoms with Crippen molar-refractivity contribution in [1.82, 2.24) is 9.71 Å². The Morgan fingerprint density at radius 1 is 1.27 bits per heavy atom. The van der Waals surface area contributed by atoms with E-state index in [-0.39, 0.29) is 4.21 Å². The largest absolute Gasteiger partial charge is 0.383 e. The Morgan fingerprint density at radius 2 is 1.90 bits per heavy atom. The van der Waals surface area contributed by atoms with Gasteiger partial charge in [0.05, 0.1) is 6.20 Å². The zero-order valence-electron chi connectivity index (χ0n) is 16.8. The van der Waals surface area contributed by atoms with Gasteiger partial charge in [0.1, 0.15) is 14.8 Å².